The molecule has 0 saturated heterocycles. The second kappa shape index (κ2) is 4.47. The number of rotatable bonds is 3. The van der Waals surface area contributed by atoms with E-state index >= 15 is 0 Å². The van der Waals surface area contributed by atoms with E-state index in [9.17, 15) is 9.90 Å². The lowest BCUT2D eigenvalue weighted by molar-refractivity contribution is -0.158. The average Bonchev–Trinajstić information content (AvgIpc) is 2.01. The minimum absolute atomic E-state index is 0.0178. The first-order valence-corrected chi connectivity index (χ1v) is 4.67. The largest absolute Gasteiger partial charge is 0.479 e. The highest BCUT2D eigenvalue weighted by atomic mass is 16.4. The van der Waals surface area contributed by atoms with Gasteiger partial charge in [0.25, 0.3) is 0 Å². The van der Waals surface area contributed by atoms with Crippen molar-refractivity contribution in [2.24, 2.45) is 5.41 Å². The van der Waals surface area contributed by atoms with Gasteiger partial charge in [-0.2, -0.15) is 0 Å². The van der Waals surface area contributed by atoms with Crippen LogP contribution in [0.2, 0.25) is 0 Å². The van der Waals surface area contributed by atoms with E-state index in [2.05, 4.69) is 11.8 Å². The third-order valence-electron chi connectivity index (χ3n) is 1.83. The van der Waals surface area contributed by atoms with Gasteiger partial charge < -0.3 is 10.2 Å². The Labute approximate surface area is 85.1 Å². The first kappa shape index (κ1) is 13.0. The zero-order valence-electron chi connectivity index (χ0n) is 9.22. The first-order valence-electron chi connectivity index (χ1n) is 4.67. The number of hydrogen-bond acceptors (Lipinski definition) is 2. The fraction of sp³-hybridized carbons (Fsp3) is 0.727. The predicted octanol–water partition coefficient (Wildman–Crippen LogP) is 1.65. The molecule has 2 N–H and O–H groups in total. The number of aliphatic carboxylic acids is 1. The van der Waals surface area contributed by atoms with Crippen molar-refractivity contribution in [3.05, 3.63) is 0 Å². The quantitative estimate of drug-likeness (QED) is 0.678. The number of carboxylic acids is 1. The molecule has 0 unspecified atom stereocenters. The maximum absolute atomic E-state index is 10.7. The fourth-order valence-electron chi connectivity index (χ4n) is 0.807. The first-order chi connectivity index (χ1) is 6.21. The van der Waals surface area contributed by atoms with Crippen LogP contribution in [0.5, 0.6) is 0 Å². The maximum atomic E-state index is 10.7. The number of hydrogen-bond donors (Lipinski definition) is 2. The van der Waals surface area contributed by atoms with Gasteiger partial charge in [0, 0.05) is 11.8 Å². The summed E-state index contributed by atoms with van der Waals surface area (Å²) in [5, 5.41) is 18.3. The Morgan fingerprint density at radius 1 is 1.36 bits per heavy atom. The highest BCUT2D eigenvalue weighted by molar-refractivity contribution is 5.77. The molecule has 80 valence electrons. The Morgan fingerprint density at radius 2 is 1.86 bits per heavy atom. The van der Waals surface area contributed by atoms with Gasteiger partial charge in [0.05, 0.1) is 0 Å². The Kier molecular flexibility index (Phi) is 4.15. The molecule has 0 rings (SSSR count). The zero-order valence-corrected chi connectivity index (χ0v) is 9.22. The van der Waals surface area contributed by atoms with Gasteiger partial charge in [0.2, 0.25) is 0 Å². The van der Waals surface area contributed by atoms with Gasteiger partial charge in [-0.15, -0.1) is 0 Å². The van der Waals surface area contributed by atoms with E-state index in [-0.39, 0.29) is 18.3 Å². The number of aliphatic hydroxyl groups is 1. The molecule has 0 spiro atoms. The van der Waals surface area contributed by atoms with Crippen LogP contribution < -0.4 is 0 Å². The highest BCUT2D eigenvalue weighted by Crippen LogP contribution is 2.16. The summed E-state index contributed by atoms with van der Waals surface area (Å²) in [6.07, 6.45) is 0.150. The summed E-state index contributed by atoms with van der Waals surface area (Å²) in [6.45, 7) is 7.44. The molecule has 0 aromatic heterocycles. The van der Waals surface area contributed by atoms with Crippen LogP contribution in [0.4, 0.5) is 0 Å². The molecule has 0 heterocycles. The molecular formula is C11H18O3. The molecule has 0 saturated carbocycles. The van der Waals surface area contributed by atoms with Gasteiger partial charge >= 0.3 is 5.97 Å². The van der Waals surface area contributed by atoms with Crippen LogP contribution in [0.3, 0.4) is 0 Å². The van der Waals surface area contributed by atoms with Crippen molar-refractivity contribution in [1.29, 1.82) is 0 Å². The van der Waals surface area contributed by atoms with Crippen molar-refractivity contribution in [2.45, 2.75) is 46.1 Å². The van der Waals surface area contributed by atoms with Crippen molar-refractivity contribution in [2.75, 3.05) is 0 Å². The summed E-state index contributed by atoms with van der Waals surface area (Å²) in [7, 11) is 0. The Morgan fingerprint density at radius 3 is 2.14 bits per heavy atom. The summed E-state index contributed by atoms with van der Waals surface area (Å²) in [4.78, 5) is 10.7. The van der Waals surface area contributed by atoms with Gasteiger partial charge in [-0.1, -0.05) is 18.8 Å². The molecule has 0 amide bonds. The van der Waals surface area contributed by atoms with E-state index in [1.807, 2.05) is 20.8 Å². The molecule has 3 nitrogen and oxygen atoms in total. The van der Waals surface area contributed by atoms with E-state index < -0.39 is 11.6 Å². The Balaban J connectivity index is 4.49. The van der Waals surface area contributed by atoms with Crippen LogP contribution in [-0.2, 0) is 4.79 Å². The van der Waals surface area contributed by atoms with E-state index in [0.717, 1.165) is 0 Å². The van der Waals surface area contributed by atoms with E-state index in [0.29, 0.717) is 0 Å². The molecule has 3 heteroatoms. The van der Waals surface area contributed by atoms with Crippen LogP contribution in [0.1, 0.15) is 40.5 Å². The number of carbonyl (C=O) groups is 1. The van der Waals surface area contributed by atoms with Gasteiger partial charge in [-0.25, -0.2) is 4.79 Å². The molecule has 0 bridgehead atoms. The third kappa shape index (κ3) is 4.29. The van der Waals surface area contributed by atoms with Crippen LogP contribution in [0.15, 0.2) is 0 Å². The molecular weight excluding hydrogens is 180 g/mol. The highest BCUT2D eigenvalue weighted by Gasteiger charge is 2.32. The second-order valence-electron chi connectivity index (χ2n) is 4.42. The summed E-state index contributed by atoms with van der Waals surface area (Å²) >= 11 is 0. The van der Waals surface area contributed by atoms with Gasteiger partial charge in [-0.3, -0.25) is 0 Å². The van der Waals surface area contributed by atoms with Crippen molar-refractivity contribution in [3.8, 4) is 11.8 Å². The van der Waals surface area contributed by atoms with Crippen LogP contribution >= 0.6 is 0 Å². The van der Waals surface area contributed by atoms with Crippen LogP contribution in [0, 0.1) is 17.3 Å². The Hall–Kier alpha value is -1.01. The number of carboxylic acid groups (broad SMARTS) is 1. The molecule has 0 aliphatic rings. The fourth-order valence-corrected chi connectivity index (χ4v) is 0.807. The monoisotopic (exact) mass is 198 g/mol. The summed E-state index contributed by atoms with van der Waals surface area (Å²) in [5.41, 5.74) is -1.86. The molecule has 0 fully saturated rings. The van der Waals surface area contributed by atoms with Gasteiger partial charge in [0.15, 0.2) is 5.60 Å². The zero-order chi connectivity index (χ0) is 11.4. The molecule has 14 heavy (non-hydrogen) atoms. The van der Waals surface area contributed by atoms with E-state index in [1.165, 1.54) is 0 Å². The van der Waals surface area contributed by atoms with E-state index in [4.69, 9.17) is 5.11 Å². The molecule has 1 atom stereocenters. The summed E-state index contributed by atoms with van der Waals surface area (Å²) in [6, 6.07) is 0. The van der Waals surface area contributed by atoms with Crippen LogP contribution in [0.25, 0.3) is 0 Å². The van der Waals surface area contributed by atoms with Gasteiger partial charge in [-0.05, 0) is 27.2 Å². The second-order valence-corrected chi connectivity index (χ2v) is 4.42. The topological polar surface area (TPSA) is 57.5 Å². The third-order valence-corrected chi connectivity index (χ3v) is 1.83. The minimum atomic E-state index is -1.70. The molecule has 0 aliphatic carbocycles. The lowest BCUT2D eigenvalue weighted by Crippen LogP contribution is -2.37. The van der Waals surface area contributed by atoms with Crippen molar-refractivity contribution < 1.29 is 15.0 Å². The summed E-state index contributed by atoms with van der Waals surface area (Å²) in [5.74, 6) is 4.41. The molecule has 0 aliphatic heterocycles. The normalized spacial score (nSPS) is 15.2. The Bertz CT molecular complexity index is 264. The van der Waals surface area contributed by atoms with Crippen molar-refractivity contribution >= 4 is 5.97 Å². The minimum Gasteiger partial charge on any atom is -0.479 e. The van der Waals surface area contributed by atoms with E-state index in [1.54, 1.807) is 6.92 Å². The van der Waals surface area contributed by atoms with Crippen molar-refractivity contribution in [1.82, 2.24) is 0 Å². The molecule has 0 aromatic carbocycles. The molecule has 0 aromatic rings. The SMILES string of the molecule is CC[C@](O)(CC#CC(C)(C)C)C(=O)O. The predicted molar refractivity (Wildman–Crippen MR) is 54.7 cm³/mol. The van der Waals surface area contributed by atoms with Crippen molar-refractivity contribution in [3.63, 3.8) is 0 Å². The summed E-state index contributed by atoms with van der Waals surface area (Å²) < 4.78 is 0. The van der Waals surface area contributed by atoms with Gasteiger partial charge in [0.1, 0.15) is 0 Å². The average molecular weight is 198 g/mol. The standard InChI is InChI=1S/C11H18O3/c1-5-11(14,9(12)13)8-6-7-10(2,3)4/h14H,5,8H2,1-4H3,(H,12,13)/t11-/m0/s1. The smallest absolute Gasteiger partial charge is 0.336 e. The molecule has 0 radical (unpaired) electrons. The lowest BCUT2D eigenvalue weighted by atomic mass is 9.94. The maximum Gasteiger partial charge on any atom is 0.336 e. The van der Waals surface area contributed by atoms with Crippen LogP contribution in [-0.4, -0.2) is 21.8 Å². The lowest BCUT2D eigenvalue weighted by Gasteiger charge is -2.18.